The van der Waals surface area contributed by atoms with Crippen molar-refractivity contribution < 1.29 is 0 Å². The molecule has 0 amide bonds. The van der Waals surface area contributed by atoms with E-state index >= 15 is 0 Å². The summed E-state index contributed by atoms with van der Waals surface area (Å²) in [5.74, 6) is 0.257. The predicted octanol–water partition coefficient (Wildman–Crippen LogP) is 1.58. The molecule has 0 aliphatic carbocycles. The molecule has 1 aliphatic heterocycles. The van der Waals surface area contributed by atoms with E-state index in [0.29, 0.717) is 5.02 Å². The van der Waals surface area contributed by atoms with Crippen molar-refractivity contribution in [2.45, 2.75) is 18.5 Å². The van der Waals surface area contributed by atoms with Crippen LogP contribution in [0.1, 0.15) is 17.3 Å². The second kappa shape index (κ2) is 6.59. The molecule has 2 atom stereocenters. The SMILES string of the molecule is Cn1cnc([C@@H]2CN(Cc3cn(-c4ccc(Cl)cc4)nn3)C[C@H]2N)c1. The Morgan fingerprint density at radius 1 is 1.20 bits per heavy atom. The maximum atomic E-state index is 6.33. The monoisotopic (exact) mass is 357 g/mol. The van der Waals surface area contributed by atoms with E-state index in [-0.39, 0.29) is 12.0 Å². The molecule has 3 heterocycles. The third-order valence-electron chi connectivity index (χ3n) is 4.56. The van der Waals surface area contributed by atoms with Crippen LogP contribution in [0.2, 0.25) is 5.02 Å². The van der Waals surface area contributed by atoms with Crippen LogP contribution in [-0.4, -0.2) is 48.6 Å². The molecule has 25 heavy (non-hydrogen) atoms. The first-order chi connectivity index (χ1) is 12.1. The van der Waals surface area contributed by atoms with Gasteiger partial charge in [0.15, 0.2) is 0 Å². The number of likely N-dealkylation sites (tertiary alicyclic amines) is 1. The van der Waals surface area contributed by atoms with E-state index in [4.69, 9.17) is 17.3 Å². The molecular formula is C17H20ClN7. The van der Waals surface area contributed by atoms with Gasteiger partial charge in [0, 0.05) is 49.9 Å². The standard InChI is InChI=1S/C17H20ClN7/c1-23-10-17(20-11-23)15-8-24(9-16(15)19)6-13-7-25(22-21-13)14-4-2-12(18)3-5-14/h2-5,7,10-11,15-16H,6,8-9,19H2,1H3/t15-,16-/m1/s1. The average molecular weight is 358 g/mol. The molecule has 2 aromatic heterocycles. The van der Waals surface area contributed by atoms with E-state index in [2.05, 4.69) is 20.2 Å². The van der Waals surface area contributed by atoms with Crippen molar-refractivity contribution in [2.75, 3.05) is 13.1 Å². The number of hydrogen-bond donors (Lipinski definition) is 1. The van der Waals surface area contributed by atoms with Gasteiger partial charge in [-0.1, -0.05) is 16.8 Å². The van der Waals surface area contributed by atoms with Gasteiger partial charge in [-0.3, -0.25) is 4.90 Å². The maximum absolute atomic E-state index is 6.33. The fourth-order valence-corrected chi connectivity index (χ4v) is 3.43. The Kier molecular flexibility index (Phi) is 4.29. The first-order valence-corrected chi connectivity index (χ1v) is 8.59. The number of benzene rings is 1. The summed E-state index contributed by atoms with van der Waals surface area (Å²) in [6, 6.07) is 7.61. The molecule has 0 saturated carbocycles. The van der Waals surface area contributed by atoms with Crippen LogP contribution >= 0.6 is 11.6 Å². The first kappa shape index (κ1) is 16.3. The molecule has 130 valence electrons. The largest absolute Gasteiger partial charge is 0.340 e. The van der Waals surface area contributed by atoms with Crippen molar-refractivity contribution in [1.82, 2.24) is 29.4 Å². The summed E-state index contributed by atoms with van der Waals surface area (Å²) in [6.07, 6.45) is 5.82. The predicted molar refractivity (Wildman–Crippen MR) is 95.6 cm³/mol. The zero-order chi connectivity index (χ0) is 17.4. The van der Waals surface area contributed by atoms with Crippen molar-refractivity contribution >= 4 is 11.6 Å². The van der Waals surface area contributed by atoms with Crippen molar-refractivity contribution in [3.63, 3.8) is 0 Å². The van der Waals surface area contributed by atoms with Gasteiger partial charge in [0.2, 0.25) is 0 Å². The van der Waals surface area contributed by atoms with Crippen LogP contribution in [0.4, 0.5) is 0 Å². The summed E-state index contributed by atoms with van der Waals surface area (Å²) in [5.41, 5.74) is 9.25. The van der Waals surface area contributed by atoms with Gasteiger partial charge in [0.1, 0.15) is 0 Å². The third-order valence-corrected chi connectivity index (χ3v) is 4.82. The molecule has 0 radical (unpaired) electrons. The van der Waals surface area contributed by atoms with Gasteiger partial charge >= 0.3 is 0 Å². The number of nitrogens with two attached hydrogens (primary N) is 1. The van der Waals surface area contributed by atoms with Crippen LogP contribution < -0.4 is 5.73 Å². The van der Waals surface area contributed by atoms with Crippen molar-refractivity contribution in [1.29, 1.82) is 0 Å². The van der Waals surface area contributed by atoms with Crippen molar-refractivity contribution in [2.24, 2.45) is 12.8 Å². The molecule has 3 aromatic rings. The lowest BCUT2D eigenvalue weighted by molar-refractivity contribution is 0.319. The highest BCUT2D eigenvalue weighted by Gasteiger charge is 2.33. The van der Waals surface area contributed by atoms with Crippen LogP contribution in [0.15, 0.2) is 43.0 Å². The minimum absolute atomic E-state index is 0.0845. The van der Waals surface area contributed by atoms with Gasteiger partial charge in [0.25, 0.3) is 0 Å². The molecule has 0 bridgehead atoms. The molecule has 7 nitrogen and oxygen atoms in total. The zero-order valence-electron chi connectivity index (χ0n) is 14.0. The molecular weight excluding hydrogens is 338 g/mol. The molecule has 1 aliphatic rings. The minimum Gasteiger partial charge on any atom is -0.340 e. The van der Waals surface area contributed by atoms with Gasteiger partial charge in [-0.05, 0) is 24.3 Å². The number of aryl methyl sites for hydroxylation is 1. The second-order valence-electron chi connectivity index (χ2n) is 6.56. The van der Waals surface area contributed by atoms with Gasteiger partial charge in [0.05, 0.1) is 29.6 Å². The van der Waals surface area contributed by atoms with Crippen molar-refractivity contribution in [3.05, 3.63) is 59.4 Å². The Balaban J connectivity index is 1.44. The molecule has 2 N–H and O–H groups in total. The minimum atomic E-state index is 0.0845. The first-order valence-electron chi connectivity index (χ1n) is 8.21. The summed E-state index contributed by atoms with van der Waals surface area (Å²) in [6.45, 7) is 2.44. The Morgan fingerprint density at radius 3 is 2.72 bits per heavy atom. The van der Waals surface area contributed by atoms with Gasteiger partial charge in [-0.2, -0.15) is 0 Å². The number of nitrogens with zero attached hydrogens (tertiary/aromatic N) is 6. The van der Waals surface area contributed by atoms with E-state index in [1.54, 1.807) is 4.68 Å². The van der Waals surface area contributed by atoms with E-state index in [1.807, 2.05) is 54.6 Å². The van der Waals surface area contributed by atoms with Gasteiger partial charge < -0.3 is 10.3 Å². The highest BCUT2D eigenvalue weighted by atomic mass is 35.5. The summed E-state index contributed by atoms with van der Waals surface area (Å²) >= 11 is 5.93. The van der Waals surface area contributed by atoms with Crippen molar-refractivity contribution in [3.8, 4) is 5.69 Å². The Labute approximate surface area is 151 Å². The summed E-state index contributed by atoms with van der Waals surface area (Å²) in [7, 11) is 1.98. The molecule has 4 rings (SSSR count). The van der Waals surface area contributed by atoms with Gasteiger partial charge in [-0.25, -0.2) is 9.67 Å². The lowest BCUT2D eigenvalue weighted by Gasteiger charge is -2.12. The quantitative estimate of drug-likeness (QED) is 0.767. The lowest BCUT2D eigenvalue weighted by Crippen LogP contribution is -2.28. The molecule has 8 heteroatoms. The van der Waals surface area contributed by atoms with Crippen LogP contribution in [0.5, 0.6) is 0 Å². The highest BCUT2D eigenvalue weighted by Crippen LogP contribution is 2.26. The van der Waals surface area contributed by atoms with Crippen LogP contribution in [-0.2, 0) is 13.6 Å². The molecule has 1 saturated heterocycles. The van der Waals surface area contributed by atoms with E-state index in [1.165, 1.54) is 0 Å². The Morgan fingerprint density at radius 2 is 2.00 bits per heavy atom. The number of halogens is 1. The fourth-order valence-electron chi connectivity index (χ4n) is 3.30. The van der Waals surface area contributed by atoms with E-state index in [9.17, 15) is 0 Å². The zero-order valence-corrected chi connectivity index (χ0v) is 14.7. The molecule has 1 aromatic carbocycles. The van der Waals surface area contributed by atoms with Crippen LogP contribution in [0.25, 0.3) is 5.69 Å². The second-order valence-corrected chi connectivity index (χ2v) is 7.00. The number of rotatable bonds is 4. The maximum Gasteiger partial charge on any atom is 0.0971 e. The normalized spacial score (nSPS) is 21.1. The smallest absolute Gasteiger partial charge is 0.0971 e. The number of imidazole rings is 1. The lowest BCUT2D eigenvalue weighted by atomic mass is 10.0. The summed E-state index contributed by atoms with van der Waals surface area (Å²) in [5, 5.41) is 9.20. The summed E-state index contributed by atoms with van der Waals surface area (Å²) in [4.78, 5) is 6.76. The average Bonchev–Trinajstić information content (AvgIpc) is 3.29. The fraction of sp³-hybridized carbons (Fsp3) is 0.353. The van der Waals surface area contributed by atoms with E-state index < -0.39 is 0 Å². The third kappa shape index (κ3) is 3.44. The topological polar surface area (TPSA) is 77.8 Å². The molecule has 1 fully saturated rings. The van der Waals surface area contributed by atoms with Crippen LogP contribution in [0, 0.1) is 0 Å². The Hall–Kier alpha value is -2.22. The summed E-state index contributed by atoms with van der Waals surface area (Å²) < 4.78 is 3.72. The Bertz CT molecular complexity index is 854. The number of hydrogen-bond acceptors (Lipinski definition) is 5. The number of aromatic nitrogens is 5. The van der Waals surface area contributed by atoms with Gasteiger partial charge in [-0.15, -0.1) is 5.10 Å². The molecule has 0 unspecified atom stereocenters. The van der Waals surface area contributed by atoms with Crippen LogP contribution in [0.3, 0.4) is 0 Å². The highest BCUT2D eigenvalue weighted by molar-refractivity contribution is 6.30. The van der Waals surface area contributed by atoms with E-state index in [0.717, 1.165) is 36.7 Å². The molecule has 0 spiro atoms.